The number of benzene rings is 1. The Balaban J connectivity index is 1.57. The van der Waals surface area contributed by atoms with Gasteiger partial charge in [-0.05, 0) is 48.9 Å². The highest BCUT2D eigenvalue weighted by atomic mass is 28.4. The highest BCUT2D eigenvalue weighted by molar-refractivity contribution is 6.81. The van der Waals surface area contributed by atoms with Crippen LogP contribution in [0.15, 0.2) is 30.3 Å². The van der Waals surface area contributed by atoms with Gasteiger partial charge in [-0.15, -0.1) is 0 Å². The molecule has 0 amide bonds. The first-order valence-electron chi connectivity index (χ1n) is 9.18. The smallest absolute Gasteiger partial charge is 0.371 e. The molecule has 1 saturated carbocycles. The quantitative estimate of drug-likeness (QED) is 0.778. The summed E-state index contributed by atoms with van der Waals surface area (Å²) in [5.74, 6) is 1.78. The van der Waals surface area contributed by atoms with Crippen molar-refractivity contribution >= 4 is 13.7 Å². The number of fused-ring (bicyclic) bond motifs is 1. The third kappa shape index (κ3) is 3.71. The van der Waals surface area contributed by atoms with Gasteiger partial charge in [0.15, 0.2) is 0 Å². The van der Waals surface area contributed by atoms with Gasteiger partial charge in [0, 0.05) is 20.3 Å². The monoisotopic (exact) mass is 333 g/mol. The molecule has 0 bridgehead atoms. The predicted molar refractivity (Wildman–Crippen MR) is 97.1 cm³/mol. The van der Waals surface area contributed by atoms with E-state index in [1.165, 1.54) is 50.3 Å². The van der Waals surface area contributed by atoms with E-state index >= 15 is 0 Å². The molecule has 1 aliphatic carbocycles. The minimum Gasteiger partial charge on any atom is -0.394 e. The van der Waals surface area contributed by atoms with E-state index in [2.05, 4.69) is 35.6 Å². The second-order valence-corrected chi connectivity index (χ2v) is 10.5. The van der Waals surface area contributed by atoms with E-state index in [-0.39, 0.29) is 0 Å². The zero-order valence-electron chi connectivity index (χ0n) is 14.6. The average molecular weight is 334 g/mol. The lowest BCUT2D eigenvalue weighted by Gasteiger charge is -2.30. The van der Waals surface area contributed by atoms with Crippen LogP contribution in [0.1, 0.15) is 38.5 Å². The fourth-order valence-corrected chi connectivity index (χ4v) is 7.41. The second-order valence-electron chi connectivity index (χ2n) is 7.14. The van der Waals surface area contributed by atoms with Gasteiger partial charge in [-0.1, -0.05) is 49.6 Å². The van der Waals surface area contributed by atoms with E-state index in [0.717, 1.165) is 23.9 Å². The molecule has 0 radical (unpaired) electrons. The van der Waals surface area contributed by atoms with Gasteiger partial charge >= 0.3 is 8.56 Å². The van der Waals surface area contributed by atoms with Gasteiger partial charge in [-0.2, -0.15) is 0 Å². The summed E-state index contributed by atoms with van der Waals surface area (Å²) in [5.41, 5.74) is 0. The van der Waals surface area contributed by atoms with Crippen LogP contribution in [0.4, 0.5) is 0 Å². The van der Waals surface area contributed by atoms with E-state index in [1.807, 2.05) is 14.2 Å². The molecule has 23 heavy (non-hydrogen) atoms. The Kier molecular flexibility index (Phi) is 5.91. The minimum atomic E-state index is -2.26. The highest BCUT2D eigenvalue weighted by Gasteiger charge is 2.40. The molecule has 1 aromatic rings. The summed E-state index contributed by atoms with van der Waals surface area (Å²) in [6.45, 7) is 1.22. The van der Waals surface area contributed by atoms with E-state index in [0.29, 0.717) is 0 Å². The molecular formula is C19H31NO2Si. The van der Waals surface area contributed by atoms with Crippen molar-refractivity contribution in [2.24, 2.45) is 11.8 Å². The fourth-order valence-electron chi connectivity index (χ4n) is 4.70. The van der Waals surface area contributed by atoms with E-state index in [9.17, 15) is 0 Å². The lowest BCUT2D eigenvalue weighted by atomic mass is 9.78. The van der Waals surface area contributed by atoms with E-state index < -0.39 is 8.56 Å². The Hall–Kier alpha value is -0.683. The predicted octanol–water partition coefficient (Wildman–Crippen LogP) is 3.19. The molecule has 0 aromatic heterocycles. The Labute approximate surface area is 142 Å². The molecule has 3 unspecified atom stereocenters. The average Bonchev–Trinajstić information content (AvgIpc) is 3.03. The first kappa shape index (κ1) is 17.2. The van der Waals surface area contributed by atoms with Gasteiger partial charge in [0.05, 0.1) is 0 Å². The fraction of sp³-hybridized carbons (Fsp3) is 0.684. The maximum Gasteiger partial charge on any atom is 0.371 e. The van der Waals surface area contributed by atoms with Crippen LogP contribution in [0.2, 0.25) is 6.04 Å². The van der Waals surface area contributed by atoms with Gasteiger partial charge in [0.25, 0.3) is 0 Å². The Morgan fingerprint density at radius 3 is 2.57 bits per heavy atom. The van der Waals surface area contributed by atoms with Crippen molar-refractivity contribution in [2.75, 3.05) is 20.8 Å². The normalized spacial score (nSPS) is 27.8. The molecule has 2 aliphatic rings. The van der Waals surface area contributed by atoms with E-state index in [4.69, 9.17) is 8.85 Å². The van der Waals surface area contributed by atoms with Crippen LogP contribution in [0.25, 0.3) is 0 Å². The Morgan fingerprint density at radius 2 is 1.83 bits per heavy atom. The molecule has 3 rings (SSSR count). The van der Waals surface area contributed by atoms with Crippen LogP contribution in [-0.4, -0.2) is 35.4 Å². The van der Waals surface area contributed by atoms with Gasteiger partial charge in [0.2, 0.25) is 0 Å². The highest BCUT2D eigenvalue weighted by Crippen LogP contribution is 2.37. The lowest BCUT2D eigenvalue weighted by Crippen LogP contribution is -2.52. The van der Waals surface area contributed by atoms with Crippen molar-refractivity contribution in [3.8, 4) is 0 Å². The van der Waals surface area contributed by atoms with Crippen LogP contribution in [-0.2, 0) is 8.85 Å². The van der Waals surface area contributed by atoms with Crippen LogP contribution >= 0.6 is 0 Å². The molecule has 3 nitrogen and oxygen atoms in total. The Bertz CT molecular complexity index is 478. The summed E-state index contributed by atoms with van der Waals surface area (Å²) >= 11 is 0. The summed E-state index contributed by atoms with van der Waals surface area (Å²) in [6.07, 6.45) is 8.18. The summed E-state index contributed by atoms with van der Waals surface area (Å²) in [5, 5.41) is 5.02. The summed E-state index contributed by atoms with van der Waals surface area (Å²) < 4.78 is 11.9. The van der Waals surface area contributed by atoms with Gasteiger partial charge in [0.1, 0.15) is 0 Å². The maximum atomic E-state index is 5.95. The summed E-state index contributed by atoms with van der Waals surface area (Å²) in [7, 11) is 1.38. The second kappa shape index (κ2) is 7.93. The van der Waals surface area contributed by atoms with Crippen LogP contribution in [0.3, 0.4) is 0 Å². The van der Waals surface area contributed by atoms with Crippen molar-refractivity contribution in [3.63, 3.8) is 0 Å². The third-order valence-electron chi connectivity index (χ3n) is 6.02. The van der Waals surface area contributed by atoms with Crippen molar-refractivity contribution in [3.05, 3.63) is 30.3 Å². The maximum absolute atomic E-state index is 5.95. The van der Waals surface area contributed by atoms with Crippen molar-refractivity contribution in [1.82, 2.24) is 5.32 Å². The first-order chi connectivity index (χ1) is 11.3. The van der Waals surface area contributed by atoms with Crippen molar-refractivity contribution < 1.29 is 8.85 Å². The van der Waals surface area contributed by atoms with Crippen molar-refractivity contribution in [2.45, 2.75) is 50.6 Å². The van der Waals surface area contributed by atoms with Crippen LogP contribution < -0.4 is 10.5 Å². The lowest BCUT2D eigenvalue weighted by molar-refractivity contribution is 0.246. The largest absolute Gasteiger partial charge is 0.394 e. The van der Waals surface area contributed by atoms with Crippen molar-refractivity contribution in [1.29, 1.82) is 0 Å². The molecule has 1 aromatic carbocycles. The molecule has 1 saturated heterocycles. The molecule has 128 valence electrons. The molecule has 0 spiro atoms. The number of hydrogen-bond donors (Lipinski definition) is 1. The van der Waals surface area contributed by atoms with Crippen LogP contribution in [0, 0.1) is 11.8 Å². The molecule has 1 N–H and O–H groups in total. The standard InChI is InChI=1S/C19H31NO2Si/c1-21-23(22-2,17-10-4-3-5-11-17)14-8-9-16-15-20-19-13-7-6-12-18(16)19/h3-5,10-11,16,18-20H,6-9,12-15H2,1-2H3. The molecule has 4 heteroatoms. The number of hydrogen-bond acceptors (Lipinski definition) is 3. The van der Waals surface area contributed by atoms with Gasteiger partial charge < -0.3 is 14.2 Å². The summed E-state index contributed by atoms with van der Waals surface area (Å²) in [4.78, 5) is 0. The molecular weight excluding hydrogens is 302 g/mol. The zero-order valence-corrected chi connectivity index (χ0v) is 15.6. The first-order valence-corrected chi connectivity index (χ1v) is 11.2. The van der Waals surface area contributed by atoms with Gasteiger partial charge in [-0.25, -0.2) is 0 Å². The number of rotatable bonds is 7. The minimum absolute atomic E-state index is 0.801. The third-order valence-corrected chi connectivity index (χ3v) is 9.56. The Morgan fingerprint density at radius 1 is 1.09 bits per heavy atom. The molecule has 1 heterocycles. The molecule has 3 atom stereocenters. The van der Waals surface area contributed by atoms with Gasteiger partial charge in [-0.3, -0.25) is 0 Å². The van der Waals surface area contributed by atoms with Crippen LogP contribution in [0.5, 0.6) is 0 Å². The van der Waals surface area contributed by atoms with E-state index in [1.54, 1.807) is 0 Å². The summed E-state index contributed by atoms with van der Waals surface area (Å²) in [6, 6.07) is 12.4. The zero-order chi connectivity index (χ0) is 16.1. The molecule has 1 aliphatic heterocycles. The number of nitrogens with one attached hydrogen (secondary N) is 1. The SMILES string of the molecule is CO[Si](CCCC1CNC2CCCCC12)(OC)c1ccccc1. The molecule has 2 fully saturated rings. The topological polar surface area (TPSA) is 30.5 Å².